The van der Waals surface area contributed by atoms with Crippen LogP contribution in [0.25, 0.3) is 11.6 Å². The lowest BCUT2D eigenvalue weighted by molar-refractivity contribution is 0.572. The van der Waals surface area contributed by atoms with E-state index >= 15 is 0 Å². The number of nitrogens with zero attached hydrogens (tertiary/aromatic N) is 2. The summed E-state index contributed by atoms with van der Waals surface area (Å²) < 4.78 is 6.04. The van der Waals surface area contributed by atoms with E-state index in [2.05, 4.69) is 25.9 Å². The third-order valence-corrected chi connectivity index (χ3v) is 1.87. The highest BCUT2D eigenvalue weighted by Gasteiger charge is 2.02. The van der Waals surface area contributed by atoms with Crippen LogP contribution in [0.1, 0.15) is 0 Å². The lowest BCUT2D eigenvalue weighted by Crippen LogP contribution is -1.81. The molecular formula is C8H5BrN2O. The molecule has 0 N–H and O–H groups in total. The van der Waals surface area contributed by atoms with E-state index in [0.717, 1.165) is 10.2 Å². The number of aromatic nitrogens is 2. The highest BCUT2D eigenvalue weighted by molar-refractivity contribution is 9.10. The Kier molecular flexibility index (Phi) is 1.91. The molecular weight excluding hydrogens is 220 g/mol. The monoisotopic (exact) mass is 224 g/mol. The minimum atomic E-state index is 0.538. The number of halogens is 1. The van der Waals surface area contributed by atoms with Gasteiger partial charge in [0.1, 0.15) is 12.0 Å². The maximum absolute atomic E-state index is 5.08. The molecule has 0 aliphatic heterocycles. The second kappa shape index (κ2) is 3.06. The minimum Gasteiger partial charge on any atom is -0.443 e. The van der Waals surface area contributed by atoms with E-state index in [0.29, 0.717) is 5.89 Å². The Labute approximate surface area is 77.6 Å². The topological polar surface area (TPSA) is 38.9 Å². The summed E-state index contributed by atoms with van der Waals surface area (Å²) >= 11 is 3.34. The molecule has 2 aromatic rings. The van der Waals surface area contributed by atoms with Gasteiger partial charge in [-0.05, 0) is 12.1 Å². The molecule has 0 bridgehead atoms. The fraction of sp³-hybridized carbons (Fsp3) is 0. The van der Waals surface area contributed by atoms with Crippen molar-refractivity contribution >= 4 is 15.9 Å². The van der Waals surface area contributed by atoms with E-state index in [1.807, 2.05) is 12.1 Å². The summed E-state index contributed by atoms with van der Waals surface area (Å²) in [5.41, 5.74) is 0.731. The van der Waals surface area contributed by atoms with Gasteiger partial charge in [-0.1, -0.05) is 15.9 Å². The molecule has 2 heterocycles. The molecule has 0 aliphatic rings. The maximum atomic E-state index is 5.08. The summed E-state index contributed by atoms with van der Waals surface area (Å²) in [4.78, 5) is 8.07. The summed E-state index contributed by atoms with van der Waals surface area (Å²) in [6, 6.07) is 3.71. The molecule has 0 amide bonds. The third kappa shape index (κ3) is 1.38. The Morgan fingerprint density at radius 3 is 2.83 bits per heavy atom. The number of hydrogen-bond donors (Lipinski definition) is 0. The van der Waals surface area contributed by atoms with Gasteiger partial charge in [0, 0.05) is 10.7 Å². The van der Waals surface area contributed by atoms with Crippen molar-refractivity contribution in [1.29, 1.82) is 0 Å². The first kappa shape index (κ1) is 7.49. The van der Waals surface area contributed by atoms with Gasteiger partial charge in [-0.25, -0.2) is 4.98 Å². The van der Waals surface area contributed by atoms with Crippen LogP contribution in [0.2, 0.25) is 0 Å². The Morgan fingerprint density at radius 2 is 2.17 bits per heavy atom. The number of oxazole rings is 1. The van der Waals surface area contributed by atoms with Crippen molar-refractivity contribution in [3.63, 3.8) is 0 Å². The van der Waals surface area contributed by atoms with E-state index < -0.39 is 0 Å². The minimum absolute atomic E-state index is 0.538. The number of pyridine rings is 1. The van der Waals surface area contributed by atoms with Crippen molar-refractivity contribution in [2.75, 3.05) is 0 Å². The van der Waals surface area contributed by atoms with E-state index in [1.54, 1.807) is 12.4 Å². The van der Waals surface area contributed by atoms with Gasteiger partial charge in [0.2, 0.25) is 5.89 Å². The molecule has 0 aromatic carbocycles. The zero-order valence-electron chi connectivity index (χ0n) is 6.07. The van der Waals surface area contributed by atoms with Crippen LogP contribution in [-0.2, 0) is 0 Å². The fourth-order valence-electron chi connectivity index (χ4n) is 0.872. The molecule has 60 valence electrons. The van der Waals surface area contributed by atoms with Crippen molar-refractivity contribution in [3.8, 4) is 11.6 Å². The van der Waals surface area contributed by atoms with Crippen LogP contribution >= 0.6 is 15.9 Å². The van der Waals surface area contributed by atoms with Crippen LogP contribution in [0.15, 0.2) is 39.7 Å². The predicted molar refractivity (Wildman–Crippen MR) is 47.4 cm³/mol. The summed E-state index contributed by atoms with van der Waals surface area (Å²) in [6.45, 7) is 0. The zero-order chi connectivity index (χ0) is 8.39. The summed E-state index contributed by atoms with van der Waals surface area (Å²) in [7, 11) is 0. The van der Waals surface area contributed by atoms with Gasteiger partial charge < -0.3 is 4.42 Å². The quantitative estimate of drug-likeness (QED) is 0.748. The first-order valence-corrected chi connectivity index (χ1v) is 4.17. The molecule has 2 aromatic heterocycles. The SMILES string of the molecule is Brc1ccnc(-c2ncco2)c1. The standard InChI is InChI=1S/C8H5BrN2O/c9-6-1-2-10-7(5-6)8-11-3-4-12-8/h1-5H. The van der Waals surface area contributed by atoms with Crippen LogP contribution in [0.5, 0.6) is 0 Å². The number of rotatable bonds is 1. The van der Waals surface area contributed by atoms with Gasteiger partial charge in [-0.3, -0.25) is 4.98 Å². The van der Waals surface area contributed by atoms with E-state index in [4.69, 9.17) is 4.42 Å². The van der Waals surface area contributed by atoms with Crippen molar-refractivity contribution in [2.24, 2.45) is 0 Å². The molecule has 0 atom stereocenters. The average molecular weight is 225 g/mol. The molecule has 0 unspecified atom stereocenters. The Morgan fingerprint density at radius 1 is 1.25 bits per heavy atom. The third-order valence-electron chi connectivity index (χ3n) is 1.37. The van der Waals surface area contributed by atoms with E-state index in [9.17, 15) is 0 Å². The smallest absolute Gasteiger partial charge is 0.245 e. The van der Waals surface area contributed by atoms with Gasteiger partial charge in [0.25, 0.3) is 0 Å². The molecule has 0 fully saturated rings. The average Bonchev–Trinajstić information content (AvgIpc) is 2.56. The van der Waals surface area contributed by atoms with Gasteiger partial charge in [-0.15, -0.1) is 0 Å². The van der Waals surface area contributed by atoms with Gasteiger partial charge in [-0.2, -0.15) is 0 Å². The molecule has 3 nitrogen and oxygen atoms in total. The first-order chi connectivity index (χ1) is 5.86. The predicted octanol–water partition coefficient (Wildman–Crippen LogP) is 2.50. The van der Waals surface area contributed by atoms with Crippen molar-refractivity contribution < 1.29 is 4.42 Å². The zero-order valence-corrected chi connectivity index (χ0v) is 7.65. The van der Waals surface area contributed by atoms with Crippen molar-refractivity contribution in [2.45, 2.75) is 0 Å². The Balaban J connectivity index is 2.48. The second-order valence-corrected chi connectivity index (χ2v) is 3.11. The Hall–Kier alpha value is -1.16. The highest BCUT2D eigenvalue weighted by Crippen LogP contribution is 2.17. The molecule has 0 aliphatic carbocycles. The van der Waals surface area contributed by atoms with Crippen LogP contribution in [-0.4, -0.2) is 9.97 Å². The summed E-state index contributed by atoms with van der Waals surface area (Å²) in [5.74, 6) is 0.538. The normalized spacial score (nSPS) is 10.1. The molecule has 4 heteroatoms. The fourth-order valence-corrected chi connectivity index (χ4v) is 1.21. The molecule has 0 radical (unpaired) electrons. The summed E-state index contributed by atoms with van der Waals surface area (Å²) in [5, 5.41) is 0. The number of hydrogen-bond acceptors (Lipinski definition) is 3. The highest BCUT2D eigenvalue weighted by atomic mass is 79.9. The van der Waals surface area contributed by atoms with Crippen molar-refractivity contribution in [1.82, 2.24) is 9.97 Å². The van der Waals surface area contributed by atoms with Crippen LogP contribution in [0, 0.1) is 0 Å². The van der Waals surface area contributed by atoms with E-state index in [-0.39, 0.29) is 0 Å². The van der Waals surface area contributed by atoms with Gasteiger partial charge in [0.05, 0.1) is 6.20 Å². The summed E-state index contributed by atoms with van der Waals surface area (Å²) in [6.07, 6.45) is 4.82. The largest absolute Gasteiger partial charge is 0.443 e. The van der Waals surface area contributed by atoms with Crippen LogP contribution < -0.4 is 0 Å². The molecule has 12 heavy (non-hydrogen) atoms. The van der Waals surface area contributed by atoms with Gasteiger partial charge in [0.15, 0.2) is 0 Å². The molecule has 2 rings (SSSR count). The lowest BCUT2D eigenvalue weighted by Gasteiger charge is -1.93. The van der Waals surface area contributed by atoms with Crippen molar-refractivity contribution in [3.05, 3.63) is 35.3 Å². The Bertz CT molecular complexity index is 372. The lowest BCUT2D eigenvalue weighted by atomic mass is 10.3. The maximum Gasteiger partial charge on any atom is 0.245 e. The van der Waals surface area contributed by atoms with E-state index in [1.165, 1.54) is 6.26 Å². The van der Waals surface area contributed by atoms with Crippen LogP contribution in [0.3, 0.4) is 0 Å². The van der Waals surface area contributed by atoms with Gasteiger partial charge >= 0.3 is 0 Å². The van der Waals surface area contributed by atoms with Crippen LogP contribution in [0.4, 0.5) is 0 Å². The second-order valence-electron chi connectivity index (χ2n) is 2.20. The molecule has 0 saturated heterocycles. The molecule has 0 spiro atoms. The first-order valence-electron chi connectivity index (χ1n) is 3.38. The molecule has 0 saturated carbocycles.